The molecule has 0 saturated heterocycles. The number of hydrogen-bond acceptors (Lipinski definition) is 4. The Balaban J connectivity index is 2.57. The van der Waals surface area contributed by atoms with Gasteiger partial charge >= 0.3 is 227 Å². The summed E-state index contributed by atoms with van der Waals surface area (Å²) >= 11 is 0. The van der Waals surface area contributed by atoms with Gasteiger partial charge in [-0.3, -0.25) is 0 Å². The fourth-order valence-corrected chi connectivity index (χ4v) is 18.6. The van der Waals surface area contributed by atoms with Gasteiger partial charge in [-0.25, -0.2) is 0 Å². The minimum absolute atomic E-state index is 0.391. The molecular weight excluding hydrogens is 599 g/mol. The molecule has 0 aliphatic heterocycles. The van der Waals surface area contributed by atoms with Crippen molar-refractivity contribution in [3.63, 3.8) is 0 Å². The zero-order chi connectivity index (χ0) is 29.5. The summed E-state index contributed by atoms with van der Waals surface area (Å²) in [6, 6.07) is 25.0. The summed E-state index contributed by atoms with van der Waals surface area (Å²) in [5, 5.41) is -1.56. The molecule has 0 heterocycles. The van der Waals surface area contributed by atoms with Crippen molar-refractivity contribution < 1.29 is 43.2 Å². The standard InChI is InChI=1S/C26H20F6NO4PS2/c27-25(28,29)39(34,35)33(40(36,37)26(30,31)32)38(21-13-5-1-6-14-21,22-15-7-2-8-16-22,23-17-9-3-10-18-23)24-19-11-4-12-20-24/h1-20H. The first-order chi connectivity index (χ1) is 18.6. The van der Waals surface area contributed by atoms with Crippen LogP contribution in [-0.4, -0.2) is 31.3 Å². The minimum atomic E-state index is -7.30. The van der Waals surface area contributed by atoms with Crippen LogP contribution in [0.2, 0.25) is 0 Å². The summed E-state index contributed by atoms with van der Waals surface area (Å²) < 4.78 is 140. The van der Waals surface area contributed by atoms with Crippen molar-refractivity contribution in [2.45, 2.75) is 11.0 Å². The summed E-state index contributed by atoms with van der Waals surface area (Å²) in [4.78, 5) is 0. The van der Waals surface area contributed by atoms with Gasteiger partial charge < -0.3 is 0 Å². The molecule has 0 aliphatic carbocycles. The molecule has 0 fully saturated rings. The van der Waals surface area contributed by atoms with Crippen LogP contribution in [0.4, 0.5) is 26.3 Å². The van der Waals surface area contributed by atoms with E-state index >= 15 is 0 Å². The first kappa shape index (κ1) is 29.7. The molecule has 4 aromatic carbocycles. The van der Waals surface area contributed by atoms with Gasteiger partial charge in [-0.2, -0.15) is 0 Å². The number of sulfonamides is 2. The second kappa shape index (κ2) is 9.99. The van der Waals surface area contributed by atoms with Gasteiger partial charge in [0.05, 0.1) is 0 Å². The van der Waals surface area contributed by atoms with Gasteiger partial charge in [0.25, 0.3) is 0 Å². The van der Waals surface area contributed by atoms with E-state index in [-0.39, 0.29) is 0 Å². The van der Waals surface area contributed by atoms with Crippen molar-refractivity contribution in [2.24, 2.45) is 0 Å². The normalized spacial score (nSPS) is 14.4. The average molecular weight is 620 g/mol. The third-order valence-electron chi connectivity index (χ3n) is 6.36. The number of benzene rings is 4. The van der Waals surface area contributed by atoms with Crippen LogP contribution in [0.5, 0.6) is 0 Å². The Bertz CT molecular complexity index is 1490. The Hall–Kier alpha value is -3.25. The van der Waals surface area contributed by atoms with E-state index < -0.39 is 62.5 Å². The zero-order valence-corrected chi connectivity index (χ0v) is 22.7. The van der Waals surface area contributed by atoms with Crippen LogP contribution >= 0.6 is 6.75 Å². The van der Waals surface area contributed by atoms with E-state index in [4.69, 9.17) is 0 Å². The first-order valence-corrected chi connectivity index (χ1v) is 16.4. The molecule has 0 aromatic heterocycles. The van der Waals surface area contributed by atoms with Crippen LogP contribution in [-0.2, 0) is 20.0 Å². The fourth-order valence-electron chi connectivity index (χ4n) is 4.88. The molecule has 212 valence electrons. The molecule has 4 aromatic rings. The molecule has 0 N–H and O–H groups in total. The van der Waals surface area contributed by atoms with Crippen LogP contribution < -0.4 is 21.2 Å². The topological polar surface area (TPSA) is 71.5 Å². The molecule has 0 spiro atoms. The van der Waals surface area contributed by atoms with E-state index in [0.29, 0.717) is 0 Å². The molecule has 0 radical (unpaired) electrons. The first-order valence-electron chi connectivity index (χ1n) is 11.3. The zero-order valence-electron chi connectivity index (χ0n) is 20.2. The molecule has 0 unspecified atom stereocenters. The van der Waals surface area contributed by atoms with Gasteiger partial charge in [-0.15, -0.1) is 0 Å². The monoisotopic (exact) mass is 619 g/mol. The van der Waals surface area contributed by atoms with Gasteiger partial charge in [0.2, 0.25) is 0 Å². The molecule has 5 nitrogen and oxygen atoms in total. The predicted octanol–water partition coefficient (Wildman–Crippen LogP) is 4.76. The number of hydrogen-bond donors (Lipinski definition) is 0. The number of alkyl halides is 6. The van der Waals surface area contributed by atoms with Crippen LogP contribution in [0.15, 0.2) is 121 Å². The van der Waals surface area contributed by atoms with Crippen LogP contribution in [0.1, 0.15) is 0 Å². The summed E-state index contributed by atoms with van der Waals surface area (Å²) in [5.74, 6) is 0. The molecule has 40 heavy (non-hydrogen) atoms. The van der Waals surface area contributed by atoms with Gasteiger partial charge in [0.1, 0.15) is 0 Å². The molecule has 14 heteroatoms. The van der Waals surface area contributed by atoms with E-state index in [0.717, 1.165) is 48.5 Å². The van der Waals surface area contributed by atoms with E-state index in [1.54, 1.807) is 0 Å². The Morgan fingerprint density at radius 3 is 0.800 bits per heavy atom. The molecule has 0 bridgehead atoms. The van der Waals surface area contributed by atoms with Crippen molar-refractivity contribution >= 4 is 48.0 Å². The summed E-state index contributed by atoms with van der Waals surface area (Å²) in [5.41, 5.74) is -12.9. The third kappa shape index (κ3) is 4.06. The predicted molar refractivity (Wildman–Crippen MR) is 143 cm³/mol. The second-order valence-electron chi connectivity index (χ2n) is 8.49. The molecule has 0 saturated carbocycles. The van der Waals surface area contributed by atoms with Gasteiger partial charge in [-0.05, 0) is 0 Å². The van der Waals surface area contributed by atoms with Gasteiger partial charge in [0.15, 0.2) is 0 Å². The van der Waals surface area contributed by atoms with E-state index in [2.05, 4.69) is 0 Å². The van der Waals surface area contributed by atoms with Gasteiger partial charge in [0, 0.05) is 0 Å². The molecule has 0 atom stereocenters. The van der Waals surface area contributed by atoms with Crippen LogP contribution in [0, 0.1) is 0 Å². The van der Waals surface area contributed by atoms with Crippen molar-refractivity contribution in [3.05, 3.63) is 121 Å². The maximum atomic E-state index is 14.5. The van der Waals surface area contributed by atoms with Crippen LogP contribution in [0.25, 0.3) is 0 Å². The van der Waals surface area contributed by atoms with E-state index in [1.807, 2.05) is 0 Å². The Morgan fingerprint density at radius 2 is 0.625 bits per heavy atom. The molecular formula is C26H20F6NO4PS2. The summed E-state index contributed by atoms with van der Waals surface area (Å²) in [6.07, 6.45) is 0. The van der Waals surface area contributed by atoms with E-state index in [1.165, 1.54) is 72.8 Å². The maximum absolute atomic E-state index is 14.5. The van der Waals surface area contributed by atoms with E-state index in [9.17, 15) is 43.2 Å². The van der Waals surface area contributed by atoms with Crippen molar-refractivity contribution in [3.8, 4) is 0 Å². The molecule has 0 amide bonds. The quantitative estimate of drug-likeness (QED) is 0.221. The molecule has 4 rings (SSSR count). The SMILES string of the molecule is O=S(=O)(N(S(=O)(=O)C(F)(F)F)P(c1ccccc1)(c1ccccc1)(c1ccccc1)c1ccccc1)C(F)(F)F. The Morgan fingerprint density at radius 1 is 0.425 bits per heavy atom. The molecule has 0 aliphatic rings. The Labute approximate surface area is 226 Å². The van der Waals surface area contributed by atoms with Crippen molar-refractivity contribution in [1.29, 1.82) is 0 Å². The Kier molecular flexibility index (Phi) is 7.42. The van der Waals surface area contributed by atoms with Crippen molar-refractivity contribution in [1.82, 2.24) is 3.48 Å². The number of nitrogens with zero attached hydrogens (tertiary/aromatic N) is 1. The number of rotatable bonds is 7. The van der Waals surface area contributed by atoms with Crippen molar-refractivity contribution in [2.75, 3.05) is 0 Å². The third-order valence-corrected chi connectivity index (χ3v) is 18.6. The van der Waals surface area contributed by atoms with Crippen LogP contribution in [0.3, 0.4) is 0 Å². The summed E-state index contributed by atoms with van der Waals surface area (Å²) in [7, 11) is -14.6. The fraction of sp³-hybridized carbons (Fsp3) is 0.0769. The number of halogens is 6. The van der Waals surface area contributed by atoms with Gasteiger partial charge in [-0.1, -0.05) is 0 Å². The second-order valence-corrected chi connectivity index (χ2v) is 17.4. The summed E-state index contributed by atoms with van der Waals surface area (Å²) in [6.45, 7) is -6.31. The average Bonchev–Trinajstić information content (AvgIpc) is 2.92.